The number of anilines is 1. The van der Waals surface area contributed by atoms with Gasteiger partial charge in [-0.1, -0.05) is 25.1 Å². The van der Waals surface area contributed by atoms with E-state index in [1.807, 2.05) is 51.1 Å². The summed E-state index contributed by atoms with van der Waals surface area (Å²) in [6.45, 7) is 5.88. The maximum absolute atomic E-state index is 12.1. The van der Waals surface area contributed by atoms with Gasteiger partial charge in [-0.2, -0.15) is 0 Å². The van der Waals surface area contributed by atoms with Crippen LogP contribution in [-0.2, 0) is 9.59 Å². The molecule has 0 aliphatic heterocycles. The molecule has 1 heterocycles. The molecule has 2 N–H and O–H groups in total. The fourth-order valence-corrected chi connectivity index (χ4v) is 2.39. The molecule has 24 heavy (non-hydrogen) atoms. The minimum Gasteiger partial charge on any atom is -0.347 e. The molecule has 0 fully saturated rings. The number of carbonyl (C=O) groups excluding carboxylic acids is 2. The monoisotopic (exact) mass is 325 g/mol. The molecule has 1 aromatic carbocycles. The van der Waals surface area contributed by atoms with Gasteiger partial charge in [0.2, 0.25) is 11.8 Å². The van der Waals surface area contributed by atoms with Gasteiger partial charge in [0, 0.05) is 11.9 Å². The molecule has 0 bridgehead atoms. The van der Waals surface area contributed by atoms with Crippen LogP contribution in [0.25, 0.3) is 0 Å². The van der Waals surface area contributed by atoms with Crippen molar-refractivity contribution in [2.75, 3.05) is 5.32 Å². The Morgan fingerprint density at radius 2 is 1.88 bits per heavy atom. The second-order valence-electron chi connectivity index (χ2n) is 5.88. The Hall–Kier alpha value is -2.69. The van der Waals surface area contributed by atoms with Gasteiger partial charge in [-0.3, -0.25) is 14.6 Å². The van der Waals surface area contributed by atoms with Crippen molar-refractivity contribution in [3.05, 3.63) is 59.4 Å². The summed E-state index contributed by atoms with van der Waals surface area (Å²) in [5.41, 5.74) is 3.61. The lowest BCUT2D eigenvalue weighted by atomic mass is 10.1. The number of aromatic nitrogens is 1. The van der Waals surface area contributed by atoms with E-state index in [4.69, 9.17) is 0 Å². The predicted octanol–water partition coefficient (Wildman–Crippen LogP) is 3.29. The third kappa shape index (κ3) is 5.19. The van der Waals surface area contributed by atoms with Crippen LogP contribution < -0.4 is 10.6 Å². The molecule has 0 saturated heterocycles. The maximum Gasteiger partial charge on any atom is 0.233 e. The molecule has 0 spiro atoms. The van der Waals surface area contributed by atoms with Crippen LogP contribution in [0.5, 0.6) is 0 Å². The van der Waals surface area contributed by atoms with Gasteiger partial charge in [0.15, 0.2) is 0 Å². The number of nitrogens with one attached hydrogen (secondary N) is 2. The summed E-state index contributed by atoms with van der Waals surface area (Å²) in [5, 5.41) is 5.60. The Kier molecular flexibility index (Phi) is 6.07. The highest BCUT2D eigenvalue weighted by Crippen LogP contribution is 2.15. The molecule has 0 radical (unpaired) electrons. The third-order valence-corrected chi connectivity index (χ3v) is 3.66. The highest BCUT2D eigenvalue weighted by Gasteiger charge is 2.16. The van der Waals surface area contributed by atoms with Gasteiger partial charge in [0.25, 0.3) is 0 Å². The van der Waals surface area contributed by atoms with E-state index >= 15 is 0 Å². The maximum atomic E-state index is 12.1. The number of carbonyl (C=O) groups is 2. The first-order chi connectivity index (χ1) is 11.5. The normalized spacial score (nSPS) is 11.6. The minimum atomic E-state index is -0.329. The molecule has 5 nitrogen and oxygen atoms in total. The number of pyridine rings is 1. The number of hydrogen-bond acceptors (Lipinski definition) is 3. The minimum absolute atomic E-state index is 0.190. The first kappa shape index (κ1) is 17.7. The molecular weight excluding hydrogens is 302 g/mol. The van der Waals surface area contributed by atoms with Crippen LogP contribution in [0.3, 0.4) is 0 Å². The highest BCUT2D eigenvalue weighted by atomic mass is 16.2. The van der Waals surface area contributed by atoms with Crippen LogP contribution >= 0.6 is 0 Å². The van der Waals surface area contributed by atoms with Crippen molar-refractivity contribution in [1.82, 2.24) is 10.3 Å². The summed E-state index contributed by atoms with van der Waals surface area (Å²) in [6.07, 6.45) is 2.27. The van der Waals surface area contributed by atoms with Crippen molar-refractivity contribution < 1.29 is 9.59 Å². The quantitative estimate of drug-likeness (QED) is 0.801. The number of amides is 2. The third-order valence-electron chi connectivity index (χ3n) is 3.66. The Balaban J connectivity index is 1.91. The van der Waals surface area contributed by atoms with Crippen molar-refractivity contribution in [1.29, 1.82) is 0 Å². The number of benzene rings is 1. The van der Waals surface area contributed by atoms with Gasteiger partial charge in [-0.15, -0.1) is 0 Å². The van der Waals surface area contributed by atoms with E-state index in [1.165, 1.54) is 0 Å². The first-order valence-electron chi connectivity index (χ1n) is 8.06. The fourth-order valence-electron chi connectivity index (χ4n) is 2.39. The van der Waals surface area contributed by atoms with Crippen LogP contribution in [0, 0.1) is 13.8 Å². The van der Waals surface area contributed by atoms with Gasteiger partial charge < -0.3 is 10.6 Å². The summed E-state index contributed by atoms with van der Waals surface area (Å²) >= 11 is 0. The molecular formula is C19H23N3O2. The van der Waals surface area contributed by atoms with E-state index in [1.54, 1.807) is 12.3 Å². The molecule has 0 saturated carbocycles. The lowest BCUT2D eigenvalue weighted by Gasteiger charge is -2.16. The Morgan fingerprint density at radius 1 is 1.08 bits per heavy atom. The highest BCUT2D eigenvalue weighted by molar-refractivity contribution is 6.03. The standard InChI is InChI=1S/C19H23N3O2/c1-4-16(17-9-8-14(3)12-20-17)22-19(24)11-18(23)21-15-7-5-6-13(2)10-15/h5-10,12,16H,4,11H2,1-3H3,(H,21,23)(H,22,24). The lowest BCUT2D eigenvalue weighted by Crippen LogP contribution is -2.31. The molecule has 126 valence electrons. The van der Waals surface area contributed by atoms with Crippen LogP contribution in [-0.4, -0.2) is 16.8 Å². The average molecular weight is 325 g/mol. The number of aryl methyl sites for hydroxylation is 2. The van der Waals surface area contributed by atoms with Crippen LogP contribution in [0.4, 0.5) is 5.69 Å². The summed E-state index contributed by atoms with van der Waals surface area (Å²) < 4.78 is 0. The molecule has 2 rings (SSSR count). The predicted molar refractivity (Wildman–Crippen MR) is 94.6 cm³/mol. The van der Waals surface area contributed by atoms with E-state index in [-0.39, 0.29) is 24.3 Å². The van der Waals surface area contributed by atoms with Gasteiger partial charge >= 0.3 is 0 Å². The van der Waals surface area contributed by atoms with Crippen molar-refractivity contribution in [2.24, 2.45) is 0 Å². The number of rotatable bonds is 6. The summed E-state index contributed by atoms with van der Waals surface area (Å²) in [7, 11) is 0. The zero-order valence-corrected chi connectivity index (χ0v) is 14.3. The Bertz CT molecular complexity index is 711. The van der Waals surface area contributed by atoms with Crippen molar-refractivity contribution in [3.8, 4) is 0 Å². The molecule has 1 aromatic heterocycles. The largest absolute Gasteiger partial charge is 0.347 e. The van der Waals surface area contributed by atoms with E-state index in [0.29, 0.717) is 12.1 Å². The second kappa shape index (κ2) is 8.24. The Morgan fingerprint density at radius 3 is 2.50 bits per heavy atom. The summed E-state index contributed by atoms with van der Waals surface area (Å²) in [4.78, 5) is 28.5. The number of nitrogens with zero attached hydrogens (tertiary/aromatic N) is 1. The SMILES string of the molecule is CCC(NC(=O)CC(=O)Nc1cccc(C)c1)c1ccc(C)cn1. The van der Waals surface area contributed by atoms with Crippen molar-refractivity contribution in [3.63, 3.8) is 0 Å². The topological polar surface area (TPSA) is 71.1 Å². The zero-order chi connectivity index (χ0) is 17.5. The van der Waals surface area contributed by atoms with E-state index < -0.39 is 0 Å². The smallest absolute Gasteiger partial charge is 0.233 e. The summed E-state index contributed by atoms with van der Waals surface area (Å²) in [5.74, 6) is -0.640. The van der Waals surface area contributed by atoms with Gasteiger partial charge in [0.1, 0.15) is 6.42 Å². The fraction of sp³-hybridized carbons (Fsp3) is 0.316. The Labute approximate surface area is 142 Å². The molecule has 2 amide bonds. The van der Waals surface area contributed by atoms with Crippen LogP contribution in [0.2, 0.25) is 0 Å². The lowest BCUT2D eigenvalue weighted by molar-refractivity contribution is -0.127. The molecule has 2 aromatic rings. The number of hydrogen-bond donors (Lipinski definition) is 2. The van der Waals surface area contributed by atoms with E-state index in [0.717, 1.165) is 16.8 Å². The van der Waals surface area contributed by atoms with E-state index in [9.17, 15) is 9.59 Å². The molecule has 0 aliphatic carbocycles. The van der Waals surface area contributed by atoms with Gasteiger partial charge in [0.05, 0.1) is 11.7 Å². The second-order valence-corrected chi connectivity index (χ2v) is 5.88. The van der Waals surface area contributed by atoms with Gasteiger partial charge in [-0.25, -0.2) is 0 Å². The van der Waals surface area contributed by atoms with Gasteiger partial charge in [-0.05, 0) is 49.6 Å². The zero-order valence-electron chi connectivity index (χ0n) is 14.3. The van der Waals surface area contributed by atoms with Crippen molar-refractivity contribution in [2.45, 2.75) is 39.7 Å². The molecule has 1 atom stereocenters. The summed E-state index contributed by atoms with van der Waals surface area (Å²) in [6, 6.07) is 11.1. The molecule has 1 unspecified atom stereocenters. The molecule has 0 aliphatic rings. The van der Waals surface area contributed by atoms with Crippen molar-refractivity contribution >= 4 is 17.5 Å². The average Bonchev–Trinajstić information content (AvgIpc) is 2.53. The first-order valence-corrected chi connectivity index (χ1v) is 8.06. The van der Waals surface area contributed by atoms with E-state index in [2.05, 4.69) is 15.6 Å². The van der Waals surface area contributed by atoms with Crippen LogP contribution in [0.15, 0.2) is 42.6 Å². The molecule has 5 heteroatoms. The van der Waals surface area contributed by atoms with Crippen LogP contribution in [0.1, 0.15) is 42.6 Å².